The third-order valence-electron chi connectivity index (χ3n) is 3.49. The molecule has 0 aromatic heterocycles. The van der Waals surface area contributed by atoms with E-state index in [0.29, 0.717) is 6.54 Å². The first kappa shape index (κ1) is 16.0. The summed E-state index contributed by atoms with van der Waals surface area (Å²) < 4.78 is 13.3. The molecule has 0 heterocycles. The number of aliphatic imine (C=N–C) groups is 1. The molecule has 0 unspecified atom stereocenters. The molecule has 0 saturated heterocycles. The molecule has 5 heteroatoms. The predicted octanol–water partition coefficient (Wildman–Crippen LogP) is 2.86. The summed E-state index contributed by atoms with van der Waals surface area (Å²) in [5.74, 6) is -0.130. The lowest BCUT2D eigenvalue weighted by molar-refractivity contribution is 0.275. The van der Waals surface area contributed by atoms with E-state index in [4.69, 9.17) is 10.8 Å². The van der Waals surface area contributed by atoms with E-state index in [9.17, 15) is 4.39 Å². The summed E-state index contributed by atoms with van der Waals surface area (Å²) in [5.41, 5.74) is 10.2. The first-order valence-corrected chi connectivity index (χ1v) is 7.02. The van der Waals surface area contributed by atoms with Crippen LogP contribution in [0, 0.1) is 19.7 Å². The molecule has 0 saturated carbocycles. The van der Waals surface area contributed by atoms with E-state index in [1.165, 1.54) is 17.2 Å². The van der Waals surface area contributed by atoms with E-state index in [0.717, 1.165) is 11.3 Å². The average Bonchev–Trinajstić information content (AvgIpc) is 2.50. The van der Waals surface area contributed by atoms with Crippen LogP contribution in [-0.2, 0) is 13.2 Å². The van der Waals surface area contributed by atoms with Crippen molar-refractivity contribution < 1.29 is 9.50 Å². The van der Waals surface area contributed by atoms with Crippen molar-refractivity contribution in [3.8, 4) is 0 Å². The Balaban J connectivity index is 2.04. The molecule has 0 bridgehead atoms. The van der Waals surface area contributed by atoms with E-state index in [-0.39, 0.29) is 18.1 Å². The van der Waals surface area contributed by atoms with E-state index in [1.54, 1.807) is 12.1 Å². The maximum absolute atomic E-state index is 13.3. The first-order chi connectivity index (χ1) is 10.5. The number of aliphatic hydroxyl groups is 1. The molecule has 0 aliphatic heterocycles. The molecule has 0 amide bonds. The van der Waals surface area contributed by atoms with Gasteiger partial charge in [0.05, 0.1) is 13.2 Å². The molecular weight excluding hydrogens is 281 g/mol. The van der Waals surface area contributed by atoms with E-state index in [1.807, 2.05) is 32.0 Å². The molecule has 2 aromatic carbocycles. The molecule has 0 radical (unpaired) electrons. The predicted molar refractivity (Wildman–Crippen MR) is 87.2 cm³/mol. The summed E-state index contributed by atoms with van der Waals surface area (Å²) in [6, 6.07) is 10.5. The molecule has 0 spiro atoms. The number of benzene rings is 2. The Bertz CT molecular complexity index is 698. The van der Waals surface area contributed by atoms with Gasteiger partial charge in [-0.15, -0.1) is 0 Å². The fourth-order valence-electron chi connectivity index (χ4n) is 2.03. The molecule has 2 rings (SSSR count). The van der Waals surface area contributed by atoms with Crippen molar-refractivity contribution in [1.29, 1.82) is 0 Å². The molecule has 4 nitrogen and oxygen atoms in total. The van der Waals surface area contributed by atoms with Gasteiger partial charge in [0, 0.05) is 11.3 Å². The maximum Gasteiger partial charge on any atom is 0.193 e. The fraction of sp³-hybridized carbons (Fsp3) is 0.235. The van der Waals surface area contributed by atoms with Crippen LogP contribution in [0.4, 0.5) is 10.1 Å². The standard InChI is InChI=1S/C17H20FN3O/c1-11-3-5-15(7-12(11)2)21-17(19)20-9-13-4-6-16(18)14(8-13)10-22/h3-8,22H,9-10H2,1-2H3,(H3,19,20,21). The highest BCUT2D eigenvalue weighted by atomic mass is 19.1. The van der Waals surface area contributed by atoms with Crippen LogP contribution in [0.15, 0.2) is 41.4 Å². The molecule has 0 atom stereocenters. The van der Waals surface area contributed by atoms with Crippen LogP contribution in [0.3, 0.4) is 0 Å². The Hall–Kier alpha value is -2.40. The van der Waals surface area contributed by atoms with Gasteiger partial charge in [-0.3, -0.25) is 0 Å². The summed E-state index contributed by atoms with van der Waals surface area (Å²) in [5, 5.41) is 12.1. The van der Waals surface area contributed by atoms with Gasteiger partial charge in [-0.05, 0) is 54.8 Å². The Morgan fingerprint density at radius 1 is 1.18 bits per heavy atom. The van der Waals surface area contributed by atoms with Crippen molar-refractivity contribution >= 4 is 11.6 Å². The molecule has 0 fully saturated rings. The quantitative estimate of drug-likeness (QED) is 0.601. The van der Waals surface area contributed by atoms with Gasteiger partial charge >= 0.3 is 0 Å². The Morgan fingerprint density at radius 2 is 1.95 bits per heavy atom. The second-order valence-electron chi connectivity index (χ2n) is 5.21. The van der Waals surface area contributed by atoms with Gasteiger partial charge in [-0.1, -0.05) is 12.1 Å². The highest BCUT2D eigenvalue weighted by molar-refractivity contribution is 5.92. The lowest BCUT2D eigenvalue weighted by Crippen LogP contribution is -2.22. The number of hydrogen-bond donors (Lipinski definition) is 3. The Labute approximate surface area is 129 Å². The SMILES string of the molecule is Cc1ccc(NC(N)=NCc2ccc(F)c(CO)c2)cc1C. The van der Waals surface area contributed by atoms with Crippen molar-refractivity contribution in [3.05, 3.63) is 64.5 Å². The summed E-state index contributed by atoms with van der Waals surface area (Å²) >= 11 is 0. The van der Waals surface area contributed by atoms with Gasteiger partial charge in [-0.25, -0.2) is 9.38 Å². The number of nitrogens with two attached hydrogens (primary N) is 1. The molecule has 4 N–H and O–H groups in total. The minimum atomic E-state index is -0.420. The van der Waals surface area contributed by atoms with Gasteiger partial charge < -0.3 is 16.2 Å². The van der Waals surface area contributed by atoms with Gasteiger partial charge in [0.25, 0.3) is 0 Å². The molecule has 0 aliphatic rings. The zero-order valence-electron chi connectivity index (χ0n) is 12.7. The minimum absolute atomic E-state index is 0.258. The van der Waals surface area contributed by atoms with Gasteiger partial charge in [0.1, 0.15) is 5.82 Å². The third kappa shape index (κ3) is 4.05. The maximum atomic E-state index is 13.3. The summed E-state index contributed by atoms with van der Waals surface area (Å²) in [6.45, 7) is 4.06. The average molecular weight is 301 g/mol. The normalized spacial score (nSPS) is 11.5. The number of hydrogen-bond acceptors (Lipinski definition) is 2. The summed E-state index contributed by atoms with van der Waals surface area (Å²) in [4.78, 5) is 4.23. The number of nitrogens with one attached hydrogen (secondary N) is 1. The highest BCUT2D eigenvalue weighted by Crippen LogP contribution is 2.14. The van der Waals surface area contributed by atoms with Crippen molar-refractivity contribution in [2.45, 2.75) is 27.0 Å². The topological polar surface area (TPSA) is 70.6 Å². The minimum Gasteiger partial charge on any atom is -0.392 e. The highest BCUT2D eigenvalue weighted by Gasteiger charge is 2.03. The molecule has 22 heavy (non-hydrogen) atoms. The van der Waals surface area contributed by atoms with Crippen LogP contribution < -0.4 is 11.1 Å². The number of anilines is 1. The fourth-order valence-corrected chi connectivity index (χ4v) is 2.03. The number of aryl methyl sites for hydroxylation is 2. The van der Waals surface area contributed by atoms with Gasteiger partial charge in [-0.2, -0.15) is 0 Å². The number of aliphatic hydroxyl groups excluding tert-OH is 1. The zero-order chi connectivity index (χ0) is 16.1. The van der Waals surface area contributed by atoms with Crippen LogP contribution in [0.1, 0.15) is 22.3 Å². The van der Waals surface area contributed by atoms with Crippen LogP contribution in [-0.4, -0.2) is 11.1 Å². The van der Waals surface area contributed by atoms with E-state index < -0.39 is 5.82 Å². The lowest BCUT2D eigenvalue weighted by Gasteiger charge is -2.08. The van der Waals surface area contributed by atoms with Crippen LogP contribution in [0.2, 0.25) is 0 Å². The second-order valence-corrected chi connectivity index (χ2v) is 5.21. The monoisotopic (exact) mass is 301 g/mol. The molecule has 2 aromatic rings. The number of rotatable bonds is 4. The Kier molecular flexibility index (Phi) is 5.12. The zero-order valence-corrected chi connectivity index (χ0v) is 12.7. The largest absolute Gasteiger partial charge is 0.392 e. The van der Waals surface area contributed by atoms with Crippen LogP contribution >= 0.6 is 0 Å². The third-order valence-corrected chi connectivity index (χ3v) is 3.49. The summed E-state index contributed by atoms with van der Waals surface area (Å²) in [6.07, 6.45) is 0. The second kappa shape index (κ2) is 7.04. The van der Waals surface area contributed by atoms with Gasteiger partial charge in [0.15, 0.2) is 5.96 Å². The first-order valence-electron chi connectivity index (χ1n) is 7.02. The van der Waals surface area contributed by atoms with Crippen molar-refractivity contribution in [3.63, 3.8) is 0 Å². The van der Waals surface area contributed by atoms with Crippen molar-refractivity contribution in [1.82, 2.24) is 0 Å². The molecular formula is C17H20FN3O. The number of halogens is 1. The van der Waals surface area contributed by atoms with E-state index >= 15 is 0 Å². The Morgan fingerprint density at radius 3 is 2.64 bits per heavy atom. The summed E-state index contributed by atoms with van der Waals surface area (Å²) in [7, 11) is 0. The van der Waals surface area contributed by atoms with Crippen molar-refractivity contribution in [2.24, 2.45) is 10.7 Å². The number of guanidine groups is 1. The van der Waals surface area contributed by atoms with Crippen molar-refractivity contribution in [2.75, 3.05) is 5.32 Å². The van der Waals surface area contributed by atoms with Crippen LogP contribution in [0.5, 0.6) is 0 Å². The van der Waals surface area contributed by atoms with Crippen LogP contribution in [0.25, 0.3) is 0 Å². The smallest absolute Gasteiger partial charge is 0.193 e. The molecule has 0 aliphatic carbocycles. The van der Waals surface area contributed by atoms with E-state index in [2.05, 4.69) is 10.3 Å². The lowest BCUT2D eigenvalue weighted by atomic mass is 10.1. The molecule has 116 valence electrons. The number of nitrogens with zero attached hydrogens (tertiary/aromatic N) is 1. The van der Waals surface area contributed by atoms with Gasteiger partial charge in [0.2, 0.25) is 0 Å².